The highest BCUT2D eigenvalue weighted by atomic mass is 32.2. The zero-order valence-corrected chi connectivity index (χ0v) is 20.0. The SMILES string of the molecule is CCNC(=NCc1cccc(CN(CC)CC)c1)NCCc1ccc(S(C)(=O)=O)cc1. The molecule has 0 unspecified atom stereocenters. The Bertz CT molecular complexity index is 936. The number of guanidine groups is 1. The summed E-state index contributed by atoms with van der Waals surface area (Å²) in [4.78, 5) is 7.47. The third kappa shape index (κ3) is 8.71. The van der Waals surface area contributed by atoms with Crippen LogP contribution in [0.1, 0.15) is 37.5 Å². The van der Waals surface area contributed by atoms with Crippen LogP contribution in [0.15, 0.2) is 58.4 Å². The first-order valence-electron chi connectivity index (χ1n) is 11.0. The number of hydrogen-bond donors (Lipinski definition) is 2. The summed E-state index contributed by atoms with van der Waals surface area (Å²) in [7, 11) is -3.16. The fourth-order valence-corrected chi connectivity index (χ4v) is 3.90. The van der Waals surface area contributed by atoms with Gasteiger partial charge in [-0.05, 0) is 55.3 Å². The molecular formula is C24H36N4O2S. The van der Waals surface area contributed by atoms with Gasteiger partial charge >= 0.3 is 0 Å². The summed E-state index contributed by atoms with van der Waals surface area (Å²) in [5.74, 6) is 0.782. The lowest BCUT2D eigenvalue weighted by atomic mass is 10.1. The van der Waals surface area contributed by atoms with Crippen LogP contribution in [0.5, 0.6) is 0 Å². The Hall–Kier alpha value is -2.38. The van der Waals surface area contributed by atoms with Crippen molar-refractivity contribution in [3.05, 3.63) is 65.2 Å². The minimum atomic E-state index is -3.16. The molecule has 0 aliphatic rings. The molecule has 0 fully saturated rings. The minimum absolute atomic E-state index is 0.349. The van der Waals surface area contributed by atoms with E-state index < -0.39 is 9.84 Å². The van der Waals surface area contributed by atoms with E-state index in [9.17, 15) is 8.42 Å². The number of aliphatic imine (C=N–C) groups is 1. The monoisotopic (exact) mass is 444 g/mol. The molecule has 0 spiro atoms. The van der Waals surface area contributed by atoms with Crippen LogP contribution in [-0.4, -0.2) is 51.7 Å². The smallest absolute Gasteiger partial charge is 0.191 e. The molecule has 2 rings (SSSR count). The van der Waals surface area contributed by atoms with Gasteiger partial charge in [0.1, 0.15) is 0 Å². The molecule has 0 radical (unpaired) electrons. The molecule has 0 aromatic heterocycles. The van der Waals surface area contributed by atoms with Gasteiger partial charge < -0.3 is 10.6 Å². The normalized spacial score (nSPS) is 12.2. The third-order valence-electron chi connectivity index (χ3n) is 5.11. The zero-order chi connectivity index (χ0) is 22.7. The zero-order valence-electron chi connectivity index (χ0n) is 19.2. The molecule has 0 saturated carbocycles. The van der Waals surface area contributed by atoms with Gasteiger partial charge in [0.25, 0.3) is 0 Å². The van der Waals surface area contributed by atoms with Crippen LogP contribution < -0.4 is 10.6 Å². The van der Waals surface area contributed by atoms with E-state index in [4.69, 9.17) is 4.99 Å². The summed E-state index contributed by atoms with van der Waals surface area (Å²) in [6.45, 7) is 11.6. The molecule has 2 aromatic carbocycles. The Morgan fingerprint density at radius 1 is 0.935 bits per heavy atom. The number of nitrogens with zero attached hydrogens (tertiary/aromatic N) is 2. The molecule has 0 aliphatic heterocycles. The Labute approximate surface area is 187 Å². The first kappa shape index (κ1) is 24.9. The van der Waals surface area contributed by atoms with Crippen molar-refractivity contribution < 1.29 is 8.42 Å². The van der Waals surface area contributed by atoms with Crippen LogP contribution in [0.2, 0.25) is 0 Å². The van der Waals surface area contributed by atoms with Crippen LogP contribution in [0.25, 0.3) is 0 Å². The lowest BCUT2D eigenvalue weighted by Crippen LogP contribution is -2.38. The Morgan fingerprint density at radius 3 is 2.23 bits per heavy atom. The van der Waals surface area contributed by atoms with Crippen molar-refractivity contribution in [2.45, 2.75) is 45.2 Å². The molecule has 0 saturated heterocycles. The lowest BCUT2D eigenvalue weighted by molar-refractivity contribution is 0.296. The Kier molecular flexibility index (Phi) is 10.0. The Morgan fingerprint density at radius 2 is 1.61 bits per heavy atom. The van der Waals surface area contributed by atoms with Gasteiger partial charge in [-0.15, -0.1) is 0 Å². The second kappa shape index (κ2) is 12.5. The summed E-state index contributed by atoms with van der Waals surface area (Å²) in [5.41, 5.74) is 3.59. The number of rotatable bonds is 11. The average Bonchev–Trinajstić information content (AvgIpc) is 2.76. The number of sulfone groups is 1. The van der Waals surface area contributed by atoms with Gasteiger partial charge in [0.2, 0.25) is 0 Å². The van der Waals surface area contributed by atoms with Gasteiger partial charge in [-0.3, -0.25) is 4.90 Å². The van der Waals surface area contributed by atoms with E-state index in [1.54, 1.807) is 12.1 Å². The van der Waals surface area contributed by atoms with Crippen molar-refractivity contribution in [3.8, 4) is 0 Å². The van der Waals surface area contributed by atoms with E-state index >= 15 is 0 Å². The number of nitrogens with one attached hydrogen (secondary N) is 2. The summed E-state index contributed by atoms with van der Waals surface area (Å²) >= 11 is 0. The third-order valence-corrected chi connectivity index (χ3v) is 6.24. The second-order valence-corrected chi connectivity index (χ2v) is 9.59. The van der Waals surface area contributed by atoms with Crippen LogP contribution >= 0.6 is 0 Å². The maximum absolute atomic E-state index is 11.6. The molecule has 0 aliphatic carbocycles. The highest BCUT2D eigenvalue weighted by Gasteiger charge is 2.06. The quantitative estimate of drug-likeness (QED) is 0.411. The van der Waals surface area contributed by atoms with Crippen molar-refractivity contribution in [2.75, 3.05) is 32.4 Å². The summed E-state index contributed by atoms with van der Waals surface area (Å²) in [5, 5.41) is 6.65. The van der Waals surface area contributed by atoms with Crippen LogP contribution in [0.3, 0.4) is 0 Å². The molecule has 0 bridgehead atoms. The largest absolute Gasteiger partial charge is 0.357 e. The van der Waals surface area contributed by atoms with Crippen molar-refractivity contribution in [2.24, 2.45) is 4.99 Å². The fourth-order valence-electron chi connectivity index (χ4n) is 3.27. The van der Waals surface area contributed by atoms with Crippen molar-refractivity contribution >= 4 is 15.8 Å². The van der Waals surface area contributed by atoms with E-state index in [0.717, 1.165) is 44.1 Å². The average molecular weight is 445 g/mol. The first-order valence-corrected chi connectivity index (χ1v) is 12.9. The lowest BCUT2D eigenvalue weighted by Gasteiger charge is -2.18. The van der Waals surface area contributed by atoms with E-state index in [1.807, 2.05) is 19.1 Å². The first-order chi connectivity index (χ1) is 14.9. The standard InChI is InChI=1S/C24H36N4O2S/c1-5-25-24(26-16-15-20-11-13-23(14-12-20)31(4,29)30)27-18-21-9-8-10-22(17-21)19-28(6-2)7-3/h8-14,17H,5-7,15-16,18-19H2,1-4H3,(H2,25,26,27). The maximum atomic E-state index is 11.6. The predicted molar refractivity (Wildman–Crippen MR) is 129 cm³/mol. The van der Waals surface area contributed by atoms with Gasteiger partial charge in [-0.1, -0.05) is 50.2 Å². The molecule has 170 valence electrons. The summed E-state index contributed by atoms with van der Waals surface area (Å²) in [6.07, 6.45) is 2.01. The van der Waals surface area contributed by atoms with E-state index in [1.165, 1.54) is 17.4 Å². The molecular weight excluding hydrogens is 408 g/mol. The number of benzene rings is 2. The summed E-state index contributed by atoms with van der Waals surface area (Å²) < 4.78 is 23.1. The van der Waals surface area contributed by atoms with Gasteiger partial charge in [0, 0.05) is 25.9 Å². The molecule has 2 aromatic rings. The molecule has 6 nitrogen and oxygen atoms in total. The second-order valence-electron chi connectivity index (χ2n) is 7.57. The molecule has 0 heterocycles. The summed E-state index contributed by atoms with van der Waals surface area (Å²) in [6, 6.07) is 15.7. The van der Waals surface area contributed by atoms with E-state index in [0.29, 0.717) is 18.0 Å². The number of hydrogen-bond acceptors (Lipinski definition) is 4. The highest BCUT2D eigenvalue weighted by molar-refractivity contribution is 7.90. The van der Waals surface area contributed by atoms with Crippen LogP contribution in [-0.2, 0) is 29.3 Å². The van der Waals surface area contributed by atoms with Gasteiger partial charge in [0.05, 0.1) is 11.4 Å². The van der Waals surface area contributed by atoms with Crippen molar-refractivity contribution in [1.29, 1.82) is 0 Å². The highest BCUT2D eigenvalue weighted by Crippen LogP contribution is 2.11. The van der Waals surface area contributed by atoms with Crippen molar-refractivity contribution in [1.82, 2.24) is 15.5 Å². The van der Waals surface area contributed by atoms with Crippen molar-refractivity contribution in [3.63, 3.8) is 0 Å². The van der Waals surface area contributed by atoms with Crippen LogP contribution in [0, 0.1) is 0 Å². The van der Waals surface area contributed by atoms with E-state index in [-0.39, 0.29) is 0 Å². The molecule has 0 atom stereocenters. The Balaban J connectivity index is 1.93. The van der Waals surface area contributed by atoms with Gasteiger partial charge in [-0.2, -0.15) is 0 Å². The molecule has 7 heteroatoms. The van der Waals surface area contributed by atoms with Crippen LogP contribution in [0.4, 0.5) is 0 Å². The molecule has 31 heavy (non-hydrogen) atoms. The topological polar surface area (TPSA) is 73.8 Å². The fraction of sp³-hybridized carbons (Fsp3) is 0.458. The van der Waals surface area contributed by atoms with E-state index in [2.05, 4.69) is 53.6 Å². The minimum Gasteiger partial charge on any atom is -0.357 e. The maximum Gasteiger partial charge on any atom is 0.191 e. The van der Waals surface area contributed by atoms with Gasteiger partial charge in [0.15, 0.2) is 15.8 Å². The van der Waals surface area contributed by atoms with Gasteiger partial charge in [-0.25, -0.2) is 13.4 Å². The predicted octanol–water partition coefficient (Wildman–Crippen LogP) is 3.23. The molecule has 2 N–H and O–H groups in total. The molecule has 0 amide bonds.